The van der Waals surface area contributed by atoms with Gasteiger partial charge in [-0.05, 0) is 17.7 Å². The molecular formula is C18H12ClNO. The Labute approximate surface area is 128 Å². The highest BCUT2D eigenvalue weighted by Gasteiger charge is 2.11. The molecule has 0 amide bonds. The molecule has 0 heterocycles. The quantitative estimate of drug-likeness (QED) is 0.358. The van der Waals surface area contributed by atoms with Crippen LogP contribution in [0.25, 0.3) is 6.08 Å². The molecule has 0 fully saturated rings. The third-order valence-corrected chi connectivity index (χ3v) is 3.01. The van der Waals surface area contributed by atoms with Crippen molar-refractivity contribution < 1.29 is 4.79 Å². The van der Waals surface area contributed by atoms with Gasteiger partial charge in [-0.3, -0.25) is 4.79 Å². The molecule has 0 radical (unpaired) electrons. The van der Waals surface area contributed by atoms with Crippen molar-refractivity contribution in [2.24, 2.45) is 0 Å². The highest BCUT2D eigenvalue weighted by atomic mass is 35.5. The summed E-state index contributed by atoms with van der Waals surface area (Å²) in [5.41, 5.74) is 1.39. The number of hydrogen-bond acceptors (Lipinski definition) is 2. The number of halogens is 1. The maximum Gasteiger partial charge on any atom is 0.203 e. The molecule has 3 heteroatoms. The minimum Gasteiger partial charge on any atom is -0.288 e. The number of nitriles is 1. The van der Waals surface area contributed by atoms with Crippen molar-refractivity contribution in [3.05, 3.63) is 88.5 Å². The molecular weight excluding hydrogens is 282 g/mol. The first-order valence-corrected chi connectivity index (χ1v) is 6.72. The van der Waals surface area contributed by atoms with Crippen LogP contribution in [-0.4, -0.2) is 5.78 Å². The zero-order valence-corrected chi connectivity index (χ0v) is 11.9. The SMILES string of the molecule is N#C/C(=C\C(Cl)=C\c1ccccc1)C(=O)c1ccccc1. The molecule has 21 heavy (non-hydrogen) atoms. The van der Waals surface area contributed by atoms with Gasteiger partial charge in [0.2, 0.25) is 5.78 Å². The summed E-state index contributed by atoms with van der Waals surface area (Å²) in [4.78, 5) is 12.2. The van der Waals surface area contributed by atoms with E-state index in [-0.39, 0.29) is 11.4 Å². The summed E-state index contributed by atoms with van der Waals surface area (Å²) >= 11 is 6.10. The largest absolute Gasteiger partial charge is 0.288 e. The molecule has 0 spiro atoms. The van der Waals surface area contributed by atoms with Crippen LogP contribution in [0, 0.1) is 11.3 Å². The minimum absolute atomic E-state index is 0.0124. The lowest BCUT2D eigenvalue weighted by atomic mass is 10.0. The van der Waals surface area contributed by atoms with Crippen LogP contribution in [0.15, 0.2) is 77.3 Å². The Kier molecular flexibility index (Phi) is 5.09. The third kappa shape index (κ3) is 4.17. The Balaban J connectivity index is 2.27. The van der Waals surface area contributed by atoms with Gasteiger partial charge in [-0.2, -0.15) is 5.26 Å². The summed E-state index contributed by atoms with van der Waals surface area (Å²) in [6.45, 7) is 0. The van der Waals surface area contributed by atoms with Crippen molar-refractivity contribution in [2.75, 3.05) is 0 Å². The lowest BCUT2D eigenvalue weighted by Crippen LogP contribution is -2.01. The molecule has 0 unspecified atom stereocenters. The Morgan fingerprint density at radius 2 is 1.57 bits per heavy atom. The van der Waals surface area contributed by atoms with E-state index in [1.807, 2.05) is 42.5 Å². The zero-order valence-electron chi connectivity index (χ0n) is 11.2. The van der Waals surface area contributed by atoms with Crippen molar-refractivity contribution in [1.82, 2.24) is 0 Å². The minimum atomic E-state index is -0.335. The standard InChI is InChI=1S/C18H12ClNO/c19-17(11-14-7-3-1-4-8-14)12-16(13-20)18(21)15-9-5-2-6-10-15/h1-12H/b16-12+,17-11-. The van der Waals surface area contributed by atoms with Crippen LogP contribution in [-0.2, 0) is 0 Å². The Hall–Kier alpha value is -2.63. The van der Waals surface area contributed by atoms with E-state index >= 15 is 0 Å². The van der Waals surface area contributed by atoms with E-state index in [9.17, 15) is 4.79 Å². The molecule has 2 nitrogen and oxygen atoms in total. The Morgan fingerprint density at radius 1 is 1.00 bits per heavy atom. The van der Waals surface area contributed by atoms with Crippen LogP contribution in [0.4, 0.5) is 0 Å². The summed E-state index contributed by atoms with van der Waals surface area (Å²) < 4.78 is 0. The van der Waals surface area contributed by atoms with Crippen molar-refractivity contribution >= 4 is 23.5 Å². The molecule has 0 aromatic heterocycles. The van der Waals surface area contributed by atoms with Crippen molar-refractivity contribution in [3.8, 4) is 6.07 Å². The van der Waals surface area contributed by atoms with Gasteiger partial charge in [0.25, 0.3) is 0 Å². The first-order chi connectivity index (χ1) is 10.2. The third-order valence-electron chi connectivity index (χ3n) is 2.79. The van der Waals surface area contributed by atoms with Crippen molar-refractivity contribution in [2.45, 2.75) is 0 Å². The maximum atomic E-state index is 12.2. The van der Waals surface area contributed by atoms with E-state index in [0.29, 0.717) is 10.6 Å². The number of rotatable bonds is 4. The number of nitrogens with zero attached hydrogens (tertiary/aromatic N) is 1. The molecule has 2 aromatic carbocycles. The fourth-order valence-corrected chi connectivity index (χ4v) is 2.02. The Morgan fingerprint density at radius 3 is 2.14 bits per heavy atom. The lowest BCUT2D eigenvalue weighted by Gasteiger charge is -1.99. The molecule has 0 aliphatic rings. The molecule has 2 aromatic rings. The Bertz CT molecular complexity index is 725. The van der Waals surface area contributed by atoms with Gasteiger partial charge in [0.1, 0.15) is 11.6 Å². The van der Waals surface area contributed by atoms with Crippen molar-refractivity contribution in [3.63, 3.8) is 0 Å². The predicted octanol–water partition coefficient (Wildman–Crippen LogP) is 4.60. The monoisotopic (exact) mass is 293 g/mol. The summed E-state index contributed by atoms with van der Waals surface area (Å²) in [6, 6.07) is 20.0. The van der Waals surface area contributed by atoms with Crippen LogP contribution in [0.3, 0.4) is 0 Å². The van der Waals surface area contributed by atoms with Gasteiger partial charge in [0.15, 0.2) is 0 Å². The summed E-state index contributed by atoms with van der Waals surface area (Å²) in [6.07, 6.45) is 3.10. The van der Waals surface area contributed by atoms with Gasteiger partial charge in [0, 0.05) is 10.6 Å². The van der Waals surface area contributed by atoms with Crippen LogP contribution >= 0.6 is 11.6 Å². The first-order valence-electron chi connectivity index (χ1n) is 6.34. The lowest BCUT2D eigenvalue weighted by molar-refractivity contribution is 0.103. The highest BCUT2D eigenvalue weighted by molar-refractivity contribution is 6.33. The van der Waals surface area contributed by atoms with Crippen LogP contribution < -0.4 is 0 Å². The number of carbonyl (C=O) groups excluding carboxylic acids is 1. The van der Waals surface area contributed by atoms with E-state index in [4.69, 9.17) is 16.9 Å². The number of allylic oxidation sites excluding steroid dienone is 3. The van der Waals surface area contributed by atoms with E-state index in [2.05, 4.69) is 0 Å². The number of hydrogen-bond donors (Lipinski definition) is 0. The first kappa shape index (κ1) is 14.8. The van der Waals surface area contributed by atoms with Gasteiger partial charge >= 0.3 is 0 Å². The smallest absolute Gasteiger partial charge is 0.203 e. The molecule has 0 atom stereocenters. The van der Waals surface area contributed by atoms with Crippen LogP contribution in [0.1, 0.15) is 15.9 Å². The molecule has 102 valence electrons. The van der Waals surface area contributed by atoms with E-state index < -0.39 is 0 Å². The second-order valence-corrected chi connectivity index (χ2v) is 4.74. The summed E-state index contributed by atoms with van der Waals surface area (Å²) in [7, 11) is 0. The fourth-order valence-electron chi connectivity index (χ4n) is 1.78. The second kappa shape index (κ2) is 7.23. The molecule has 0 saturated carbocycles. The summed E-state index contributed by atoms with van der Waals surface area (Å²) in [5.74, 6) is -0.335. The normalized spacial score (nSPS) is 11.8. The topological polar surface area (TPSA) is 40.9 Å². The maximum absolute atomic E-state index is 12.2. The average Bonchev–Trinajstić information content (AvgIpc) is 2.53. The van der Waals surface area contributed by atoms with E-state index in [1.54, 1.807) is 30.3 Å². The summed E-state index contributed by atoms with van der Waals surface area (Å²) in [5, 5.41) is 9.48. The second-order valence-electron chi connectivity index (χ2n) is 4.30. The zero-order chi connectivity index (χ0) is 15.1. The van der Waals surface area contributed by atoms with Crippen molar-refractivity contribution in [1.29, 1.82) is 5.26 Å². The van der Waals surface area contributed by atoms with Gasteiger partial charge in [0.05, 0.1) is 0 Å². The van der Waals surface area contributed by atoms with Gasteiger partial charge in [-0.25, -0.2) is 0 Å². The number of carbonyl (C=O) groups is 1. The molecule has 2 rings (SSSR count). The van der Waals surface area contributed by atoms with E-state index in [1.165, 1.54) is 6.08 Å². The number of ketones is 1. The molecule has 0 saturated heterocycles. The van der Waals surface area contributed by atoms with Gasteiger partial charge in [-0.15, -0.1) is 0 Å². The van der Waals surface area contributed by atoms with Gasteiger partial charge in [-0.1, -0.05) is 72.3 Å². The number of Topliss-reactive ketones (excluding diaryl/α,β-unsaturated/α-hetero) is 1. The van der Waals surface area contributed by atoms with E-state index in [0.717, 1.165) is 5.56 Å². The average molecular weight is 294 g/mol. The van der Waals surface area contributed by atoms with Gasteiger partial charge < -0.3 is 0 Å². The van der Waals surface area contributed by atoms with Crippen LogP contribution in [0.5, 0.6) is 0 Å². The highest BCUT2D eigenvalue weighted by Crippen LogP contribution is 2.16. The molecule has 0 aliphatic carbocycles. The number of benzene rings is 2. The predicted molar refractivity (Wildman–Crippen MR) is 84.7 cm³/mol. The van der Waals surface area contributed by atoms with Crippen LogP contribution in [0.2, 0.25) is 0 Å². The molecule has 0 aliphatic heterocycles. The molecule has 0 bridgehead atoms. The molecule has 0 N–H and O–H groups in total. The fraction of sp³-hybridized carbons (Fsp3) is 0.